The van der Waals surface area contributed by atoms with Crippen LogP contribution in [0, 0.1) is 5.82 Å². The second-order valence-corrected chi connectivity index (χ2v) is 5.82. The molecule has 7 heteroatoms. The lowest BCUT2D eigenvalue weighted by molar-refractivity contribution is -0.127. The van der Waals surface area contributed by atoms with E-state index < -0.39 is 23.9 Å². The molecule has 0 aliphatic rings. The number of carbonyl (C=O) groups excluding carboxylic acids is 2. The first-order valence-electron chi connectivity index (χ1n) is 8.30. The largest absolute Gasteiger partial charge is 0.481 e. The highest BCUT2D eigenvalue weighted by Crippen LogP contribution is 2.21. The van der Waals surface area contributed by atoms with Gasteiger partial charge < -0.3 is 10.1 Å². The second kappa shape index (κ2) is 8.18. The Morgan fingerprint density at radius 1 is 0.926 bits per heavy atom. The average molecular weight is 367 g/mol. The van der Waals surface area contributed by atoms with E-state index in [0.29, 0.717) is 5.75 Å². The molecular weight excluding hydrogens is 349 g/mol. The number of hydrazine groups is 1. The minimum atomic E-state index is -0.847. The highest BCUT2D eigenvalue weighted by Gasteiger charge is 2.16. The number of carbonyl (C=O) groups is 2. The van der Waals surface area contributed by atoms with Gasteiger partial charge >= 0.3 is 6.03 Å². The summed E-state index contributed by atoms with van der Waals surface area (Å²) in [6.07, 6.45) is -0.847. The Balaban J connectivity index is 1.52. The Morgan fingerprint density at radius 3 is 2.41 bits per heavy atom. The zero-order valence-corrected chi connectivity index (χ0v) is 14.5. The summed E-state index contributed by atoms with van der Waals surface area (Å²) in [5.74, 6) is -0.592. The molecule has 0 saturated heterocycles. The fourth-order valence-corrected chi connectivity index (χ4v) is 2.43. The van der Waals surface area contributed by atoms with Crippen LogP contribution < -0.4 is 20.9 Å². The summed E-state index contributed by atoms with van der Waals surface area (Å²) >= 11 is 0. The molecule has 0 radical (unpaired) electrons. The summed E-state index contributed by atoms with van der Waals surface area (Å²) < 4.78 is 19.1. The fraction of sp³-hybridized carbons (Fsp3) is 0.100. The van der Waals surface area contributed by atoms with Gasteiger partial charge in [0.15, 0.2) is 6.10 Å². The smallest absolute Gasteiger partial charge is 0.338 e. The molecule has 0 unspecified atom stereocenters. The molecule has 3 amide bonds. The number of benzene rings is 3. The molecule has 0 fully saturated rings. The van der Waals surface area contributed by atoms with E-state index in [1.165, 1.54) is 18.2 Å². The highest BCUT2D eigenvalue weighted by molar-refractivity contribution is 5.91. The molecule has 0 aliphatic heterocycles. The molecule has 0 saturated carbocycles. The monoisotopic (exact) mass is 367 g/mol. The fourth-order valence-electron chi connectivity index (χ4n) is 2.43. The van der Waals surface area contributed by atoms with Gasteiger partial charge in [-0.05, 0) is 42.0 Å². The van der Waals surface area contributed by atoms with Crippen LogP contribution in [0.3, 0.4) is 0 Å². The lowest BCUT2D eigenvalue weighted by Crippen LogP contribution is -2.48. The van der Waals surface area contributed by atoms with Gasteiger partial charge in [-0.15, -0.1) is 0 Å². The molecule has 0 bridgehead atoms. The summed E-state index contributed by atoms with van der Waals surface area (Å²) in [6, 6.07) is 18.2. The van der Waals surface area contributed by atoms with Crippen LogP contribution in [-0.2, 0) is 4.79 Å². The number of halogens is 1. The van der Waals surface area contributed by atoms with Crippen LogP contribution in [0.2, 0.25) is 0 Å². The zero-order chi connectivity index (χ0) is 19.2. The van der Waals surface area contributed by atoms with Gasteiger partial charge in [-0.1, -0.05) is 42.5 Å². The Kier molecular flexibility index (Phi) is 5.51. The number of hydrogen-bond acceptors (Lipinski definition) is 3. The van der Waals surface area contributed by atoms with Gasteiger partial charge in [0.05, 0.1) is 5.69 Å². The van der Waals surface area contributed by atoms with Gasteiger partial charge in [0.1, 0.15) is 11.6 Å². The van der Waals surface area contributed by atoms with Crippen LogP contribution in [0.1, 0.15) is 6.92 Å². The summed E-state index contributed by atoms with van der Waals surface area (Å²) in [4.78, 5) is 23.8. The summed E-state index contributed by atoms with van der Waals surface area (Å²) in [7, 11) is 0. The Bertz CT molecular complexity index is 977. The van der Waals surface area contributed by atoms with Crippen molar-refractivity contribution in [2.24, 2.45) is 0 Å². The molecule has 0 aromatic heterocycles. The maximum absolute atomic E-state index is 13.5. The maximum atomic E-state index is 13.5. The third-order valence-corrected chi connectivity index (χ3v) is 3.82. The lowest BCUT2D eigenvalue weighted by atomic mass is 10.1. The number of urea groups is 1. The quantitative estimate of drug-likeness (QED) is 0.617. The van der Waals surface area contributed by atoms with Crippen molar-refractivity contribution in [3.63, 3.8) is 0 Å². The predicted octanol–water partition coefficient (Wildman–Crippen LogP) is 3.60. The number of ether oxygens (including phenoxy) is 1. The van der Waals surface area contributed by atoms with Crippen LogP contribution in [0.4, 0.5) is 14.9 Å². The average Bonchev–Trinajstić information content (AvgIpc) is 2.67. The van der Waals surface area contributed by atoms with E-state index in [2.05, 4.69) is 16.2 Å². The molecule has 0 spiro atoms. The van der Waals surface area contributed by atoms with Gasteiger partial charge in [0.2, 0.25) is 0 Å². The van der Waals surface area contributed by atoms with Gasteiger partial charge in [0, 0.05) is 0 Å². The van der Waals surface area contributed by atoms with Crippen molar-refractivity contribution >= 4 is 28.4 Å². The molecule has 3 aromatic rings. The highest BCUT2D eigenvalue weighted by atomic mass is 19.1. The Hall–Kier alpha value is -3.61. The lowest BCUT2D eigenvalue weighted by Gasteiger charge is -2.16. The van der Waals surface area contributed by atoms with E-state index in [4.69, 9.17) is 4.74 Å². The van der Waals surface area contributed by atoms with E-state index in [9.17, 15) is 14.0 Å². The van der Waals surface area contributed by atoms with Crippen LogP contribution in [0.25, 0.3) is 10.8 Å². The van der Waals surface area contributed by atoms with Crippen molar-refractivity contribution in [2.75, 3.05) is 5.32 Å². The van der Waals surface area contributed by atoms with Crippen molar-refractivity contribution in [1.29, 1.82) is 0 Å². The molecule has 3 N–H and O–H groups in total. The van der Waals surface area contributed by atoms with Crippen molar-refractivity contribution in [2.45, 2.75) is 13.0 Å². The van der Waals surface area contributed by atoms with E-state index in [1.807, 2.05) is 36.4 Å². The number of amides is 3. The van der Waals surface area contributed by atoms with Gasteiger partial charge in [-0.3, -0.25) is 10.2 Å². The number of nitrogens with one attached hydrogen (secondary N) is 3. The van der Waals surface area contributed by atoms with Gasteiger partial charge in [-0.25, -0.2) is 14.6 Å². The third kappa shape index (κ3) is 4.72. The second-order valence-electron chi connectivity index (χ2n) is 5.82. The van der Waals surface area contributed by atoms with E-state index in [0.717, 1.165) is 10.8 Å². The van der Waals surface area contributed by atoms with Gasteiger partial charge in [0.25, 0.3) is 5.91 Å². The topological polar surface area (TPSA) is 79.5 Å². The normalized spacial score (nSPS) is 11.5. The minimum absolute atomic E-state index is 0.00436. The van der Waals surface area contributed by atoms with Crippen LogP contribution >= 0.6 is 0 Å². The molecule has 0 heterocycles. The van der Waals surface area contributed by atoms with E-state index in [-0.39, 0.29) is 5.69 Å². The molecule has 3 rings (SSSR count). The molecule has 3 aromatic carbocycles. The zero-order valence-electron chi connectivity index (χ0n) is 14.5. The van der Waals surface area contributed by atoms with Crippen LogP contribution in [-0.4, -0.2) is 18.0 Å². The number of hydrogen-bond donors (Lipinski definition) is 3. The van der Waals surface area contributed by atoms with E-state index in [1.54, 1.807) is 19.1 Å². The third-order valence-electron chi connectivity index (χ3n) is 3.82. The van der Waals surface area contributed by atoms with Crippen LogP contribution in [0.5, 0.6) is 5.75 Å². The molecule has 138 valence electrons. The Labute approximate surface area is 155 Å². The molecule has 27 heavy (non-hydrogen) atoms. The number of fused-ring (bicyclic) bond motifs is 1. The molecular formula is C20H18FN3O3. The predicted molar refractivity (Wildman–Crippen MR) is 101 cm³/mol. The number of anilines is 1. The number of para-hydroxylation sites is 1. The van der Waals surface area contributed by atoms with Crippen molar-refractivity contribution in [1.82, 2.24) is 10.9 Å². The van der Waals surface area contributed by atoms with Gasteiger partial charge in [-0.2, -0.15) is 0 Å². The molecule has 0 aliphatic carbocycles. The summed E-state index contributed by atoms with van der Waals surface area (Å²) in [5, 5.41) is 4.35. The minimum Gasteiger partial charge on any atom is -0.481 e. The first-order chi connectivity index (χ1) is 13.0. The maximum Gasteiger partial charge on any atom is 0.338 e. The summed E-state index contributed by atoms with van der Waals surface area (Å²) in [5.41, 5.74) is 4.39. The van der Waals surface area contributed by atoms with Crippen molar-refractivity contribution in [3.8, 4) is 5.75 Å². The first-order valence-corrected chi connectivity index (χ1v) is 8.30. The molecule has 6 nitrogen and oxygen atoms in total. The Morgan fingerprint density at radius 2 is 1.63 bits per heavy atom. The summed E-state index contributed by atoms with van der Waals surface area (Å²) in [6.45, 7) is 1.56. The van der Waals surface area contributed by atoms with E-state index >= 15 is 0 Å². The SMILES string of the molecule is C[C@@H](Oc1ccc2ccccc2c1)C(=O)NNC(=O)Nc1ccccc1F. The number of rotatable bonds is 4. The van der Waals surface area contributed by atoms with Crippen molar-refractivity contribution < 1.29 is 18.7 Å². The van der Waals surface area contributed by atoms with Crippen molar-refractivity contribution in [3.05, 3.63) is 72.5 Å². The van der Waals surface area contributed by atoms with Crippen LogP contribution in [0.15, 0.2) is 66.7 Å². The standard InChI is InChI=1S/C20H18FN3O3/c1-13(27-16-11-10-14-6-2-3-7-15(14)12-16)19(25)23-24-20(26)22-18-9-5-4-8-17(18)21/h2-13H,1H3,(H,23,25)(H2,22,24,26)/t13-/m1/s1. The molecule has 1 atom stereocenters. The first kappa shape index (κ1) is 18.2.